The summed E-state index contributed by atoms with van der Waals surface area (Å²) in [6.45, 7) is 5.03. The standard InChI is InChI=1S/C9H15N3O/c1-7-6-9(12-8(2)11-7)13-5-3-4-10/h6H,3-5,10H2,1-2H3. The molecule has 0 aliphatic rings. The first-order chi connectivity index (χ1) is 6.22. The molecule has 4 heteroatoms. The van der Waals surface area contributed by atoms with Gasteiger partial charge in [0.2, 0.25) is 5.88 Å². The Labute approximate surface area is 78.1 Å². The van der Waals surface area contributed by atoms with E-state index in [0.717, 1.165) is 17.9 Å². The summed E-state index contributed by atoms with van der Waals surface area (Å²) in [4.78, 5) is 8.28. The van der Waals surface area contributed by atoms with Crippen LogP contribution in [0.3, 0.4) is 0 Å². The summed E-state index contributed by atoms with van der Waals surface area (Å²) in [6.07, 6.45) is 0.849. The molecule has 0 aliphatic heterocycles. The zero-order valence-electron chi connectivity index (χ0n) is 8.08. The molecule has 0 aromatic carbocycles. The van der Waals surface area contributed by atoms with Crippen LogP contribution < -0.4 is 10.5 Å². The Morgan fingerprint density at radius 1 is 1.38 bits per heavy atom. The first-order valence-electron chi connectivity index (χ1n) is 4.37. The number of aryl methyl sites for hydroxylation is 2. The summed E-state index contributed by atoms with van der Waals surface area (Å²) in [5.74, 6) is 1.38. The molecule has 4 nitrogen and oxygen atoms in total. The van der Waals surface area contributed by atoms with Gasteiger partial charge in [0.25, 0.3) is 0 Å². The fraction of sp³-hybridized carbons (Fsp3) is 0.556. The lowest BCUT2D eigenvalue weighted by molar-refractivity contribution is 0.300. The van der Waals surface area contributed by atoms with E-state index in [9.17, 15) is 0 Å². The van der Waals surface area contributed by atoms with Crippen molar-refractivity contribution in [2.45, 2.75) is 20.3 Å². The van der Waals surface area contributed by atoms with Crippen molar-refractivity contribution in [3.63, 3.8) is 0 Å². The maximum absolute atomic E-state index is 5.38. The molecule has 1 rings (SSSR count). The van der Waals surface area contributed by atoms with Crippen LogP contribution in [0.2, 0.25) is 0 Å². The van der Waals surface area contributed by atoms with Gasteiger partial charge in [-0.3, -0.25) is 0 Å². The molecule has 0 saturated carbocycles. The Hall–Kier alpha value is -1.16. The van der Waals surface area contributed by atoms with Gasteiger partial charge in [-0.1, -0.05) is 0 Å². The van der Waals surface area contributed by atoms with Crippen LogP contribution in [-0.2, 0) is 0 Å². The van der Waals surface area contributed by atoms with Gasteiger partial charge in [-0.15, -0.1) is 0 Å². The number of aromatic nitrogens is 2. The molecule has 0 atom stereocenters. The quantitative estimate of drug-likeness (QED) is 0.698. The molecule has 0 spiro atoms. The monoisotopic (exact) mass is 181 g/mol. The maximum atomic E-state index is 5.38. The SMILES string of the molecule is Cc1cc(OCCCN)nc(C)n1. The zero-order chi connectivity index (χ0) is 9.68. The highest BCUT2D eigenvalue weighted by molar-refractivity contribution is 5.14. The van der Waals surface area contributed by atoms with Crippen LogP contribution in [0.1, 0.15) is 17.9 Å². The number of rotatable bonds is 4. The lowest BCUT2D eigenvalue weighted by atomic mass is 10.4. The molecule has 13 heavy (non-hydrogen) atoms. The smallest absolute Gasteiger partial charge is 0.216 e. The van der Waals surface area contributed by atoms with E-state index in [4.69, 9.17) is 10.5 Å². The third kappa shape index (κ3) is 3.38. The average molecular weight is 181 g/mol. The van der Waals surface area contributed by atoms with Crippen molar-refractivity contribution >= 4 is 0 Å². The van der Waals surface area contributed by atoms with Gasteiger partial charge in [-0.05, 0) is 26.8 Å². The molecule has 0 fully saturated rings. The number of hydrogen-bond donors (Lipinski definition) is 1. The van der Waals surface area contributed by atoms with Crippen LogP contribution >= 0.6 is 0 Å². The van der Waals surface area contributed by atoms with Crippen LogP contribution in [0.25, 0.3) is 0 Å². The maximum Gasteiger partial charge on any atom is 0.216 e. The average Bonchev–Trinajstić information content (AvgIpc) is 2.03. The molecule has 1 aromatic rings. The van der Waals surface area contributed by atoms with E-state index < -0.39 is 0 Å². The molecular weight excluding hydrogens is 166 g/mol. The molecule has 2 N–H and O–H groups in total. The minimum Gasteiger partial charge on any atom is -0.478 e. The first kappa shape index (κ1) is 9.92. The molecule has 1 aromatic heterocycles. The number of hydrogen-bond acceptors (Lipinski definition) is 4. The van der Waals surface area contributed by atoms with Gasteiger partial charge in [-0.2, -0.15) is 4.98 Å². The van der Waals surface area contributed by atoms with Gasteiger partial charge in [0.1, 0.15) is 5.82 Å². The van der Waals surface area contributed by atoms with Crippen LogP contribution in [0.15, 0.2) is 6.07 Å². The minimum absolute atomic E-state index is 0.617. The summed E-state index contributed by atoms with van der Waals surface area (Å²) < 4.78 is 5.38. The molecule has 0 saturated heterocycles. The van der Waals surface area contributed by atoms with Crippen molar-refractivity contribution in [2.75, 3.05) is 13.2 Å². The van der Waals surface area contributed by atoms with E-state index in [2.05, 4.69) is 9.97 Å². The molecule has 0 amide bonds. The molecule has 0 radical (unpaired) electrons. The van der Waals surface area contributed by atoms with E-state index in [1.807, 2.05) is 19.9 Å². The highest BCUT2D eigenvalue weighted by Crippen LogP contribution is 2.08. The fourth-order valence-corrected chi connectivity index (χ4v) is 1.02. The molecular formula is C9H15N3O. The molecule has 1 heterocycles. The Bertz CT molecular complexity index is 255. The second-order valence-corrected chi connectivity index (χ2v) is 2.89. The molecule has 72 valence electrons. The van der Waals surface area contributed by atoms with Crippen LogP contribution in [-0.4, -0.2) is 23.1 Å². The minimum atomic E-state index is 0.617. The van der Waals surface area contributed by atoms with Crippen LogP contribution in [0.5, 0.6) is 5.88 Å². The Kier molecular flexibility index (Phi) is 3.64. The lowest BCUT2D eigenvalue weighted by Gasteiger charge is -2.05. The summed E-state index contributed by atoms with van der Waals surface area (Å²) in [5.41, 5.74) is 6.27. The second kappa shape index (κ2) is 4.77. The second-order valence-electron chi connectivity index (χ2n) is 2.89. The number of nitrogens with zero attached hydrogens (tertiary/aromatic N) is 2. The normalized spacial score (nSPS) is 10.1. The molecule has 0 aliphatic carbocycles. The molecule has 0 unspecified atom stereocenters. The van der Waals surface area contributed by atoms with Gasteiger partial charge >= 0.3 is 0 Å². The van der Waals surface area contributed by atoms with Crippen molar-refractivity contribution in [3.8, 4) is 5.88 Å². The topological polar surface area (TPSA) is 61.0 Å². The summed E-state index contributed by atoms with van der Waals surface area (Å²) in [5, 5.41) is 0. The van der Waals surface area contributed by atoms with Crippen molar-refractivity contribution in [2.24, 2.45) is 5.73 Å². The van der Waals surface area contributed by atoms with E-state index >= 15 is 0 Å². The molecule has 0 bridgehead atoms. The van der Waals surface area contributed by atoms with Gasteiger partial charge in [0.05, 0.1) is 6.61 Å². The number of nitrogens with two attached hydrogens (primary N) is 1. The van der Waals surface area contributed by atoms with Crippen molar-refractivity contribution in [1.82, 2.24) is 9.97 Å². The predicted octanol–water partition coefficient (Wildman–Crippen LogP) is 0.821. The van der Waals surface area contributed by atoms with E-state index in [0.29, 0.717) is 19.0 Å². The van der Waals surface area contributed by atoms with Gasteiger partial charge in [-0.25, -0.2) is 4.98 Å². The van der Waals surface area contributed by atoms with Crippen molar-refractivity contribution in [3.05, 3.63) is 17.6 Å². The van der Waals surface area contributed by atoms with Crippen molar-refractivity contribution < 1.29 is 4.74 Å². The lowest BCUT2D eigenvalue weighted by Crippen LogP contribution is -2.07. The first-order valence-corrected chi connectivity index (χ1v) is 4.37. The third-order valence-electron chi connectivity index (χ3n) is 1.54. The summed E-state index contributed by atoms with van der Waals surface area (Å²) in [6, 6.07) is 1.82. The zero-order valence-corrected chi connectivity index (χ0v) is 8.08. The van der Waals surface area contributed by atoms with Crippen LogP contribution in [0.4, 0.5) is 0 Å². The Morgan fingerprint density at radius 2 is 2.15 bits per heavy atom. The van der Waals surface area contributed by atoms with Gasteiger partial charge in [0.15, 0.2) is 0 Å². The van der Waals surface area contributed by atoms with E-state index in [1.54, 1.807) is 0 Å². The number of ether oxygens (including phenoxy) is 1. The summed E-state index contributed by atoms with van der Waals surface area (Å²) >= 11 is 0. The fourth-order valence-electron chi connectivity index (χ4n) is 1.02. The van der Waals surface area contributed by atoms with E-state index in [-0.39, 0.29) is 0 Å². The highest BCUT2D eigenvalue weighted by Gasteiger charge is 1.98. The van der Waals surface area contributed by atoms with Gasteiger partial charge < -0.3 is 10.5 Å². The largest absolute Gasteiger partial charge is 0.478 e. The van der Waals surface area contributed by atoms with Crippen molar-refractivity contribution in [1.29, 1.82) is 0 Å². The predicted molar refractivity (Wildman–Crippen MR) is 50.7 cm³/mol. The third-order valence-corrected chi connectivity index (χ3v) is 1.54. The Balaban J connectivity index is 2.56. The summed E-state index contributed by atoms with van der Waals surface area (Å²) in [7, 11) is 0. The highest BCUT2D eigenvalue weighted by atomic mass is 16.5. The van der Waals surface area contributed by atoms with E-state index in [1.165, 1.54) is 0 Å². The Morgan fingerprint density at radius 3 is 2.77 bits per heavy atom. The van der Waals surface area contributed by atoms with Crippen LogP contribution in [0, 0.1) is 13.8 Å². The van der Waals surface area contributed by atoms with Gasteiger partial charge in [0, 0.05) is 11.8 Å².